The highest BCUT2D eigenvalue weighted by Gasteiger charge is 2.30. The van der Waals surface area contributed by atoms with Crippen LogP contribution in [-0.2, 0) is 16.4 Å². The van der Waals surface area contributed by atoms with Crippen LogP contribution in [0.25, 0.3) is 0 Å². The van der Waals surface area contributed by atoms with Crippen LogP contribution in [-0.4, -0.2) is 41.8 Å². The number of hydrogen-bond donors (Lipinski definition) is 1. The van der Waals surface area contributed by atoms with E-state index in [-0.39, 0.29) is 11.7 Å². The van der Waals surface area contributed by atoms with Gasteiger partial charge in [0.1, 0.15) is 12.0 Å². The van der Waals surface area contributed by atoms with Crippen LogP contribution in [0, 0.1) is 10.1 Å². The molecule has 1 aromatic heterocycles. The first-order valence-electron chi connectivity index (χ1n) is 9.33. The van der Waals surface area contributed by atoms with Crippen molar-refractivity contribution in [2.45, 2.75) is 43.5 Å². The molecule has 0 saturated carbocycles. The molecule has 150 valence electrons. The van der Waals surface area contributed by atoms with Crippen LogP contribution in [0.4, 0.5) is 11.5 Å². The van der Waals surface area contributed by atoms with Crippen LogP contribution in [0.5, 0.6) is 0 Å². The van der Waals surface area contributed by atoms with Gasteiger partial charge in [-0.25, -0.2) is 13.4 Å². The van der Waals surface area contributed by atoms with Gasteiger partial charge in [0.15, 0.2) is 0 Å². The van der Waals surface area contributed by atoms with E-state index in [4.69, 9.17) is 0 Å². The number of pyridine rings is 1. The maximum atomic E-state index is 12.8. The molecule has 0 bridgehead atoms. The van der Waals surface area contributed by atoms with Gasteiger partial charge in [-0.2, -0.15) is 4.31 Å². The van der Waals surface area contributed by atoms with Crippen molar-refractivity contribution in [3.05, 3.63) is 58.3 Å². The van der Waals surface area contributed by atoms with Crippen LogP contribution < -0.4 is 5.32 Å². The number of anilines is 1. The fraction of sp³-hybridized carbons (Fsp3) is 0.421. The van der Waals surface area contributed by atoms with Gasteiger partial charge in [0.2, 0.25) is 10.0 Å². The summed E-state index contributed by atoms with van der Waals surface area (Å²) >= 11 is 0. The molecule has 2 heterocycles. The SMILES string of the molecule is CC1CCCCN1S(=O)(=O)c1ccc(CCNc2ccc([N+](=O)[O-])cn2)cc1. The Hall–Kier alpha value is -2.52. The molecular weight excluding hydrogens is 380 g/mol. The average molecular weight is 404 g/mol. The number of nitrogens with one attached hydrogen (secondary N) is 1. The Morgan fingerprint density at radius 2 is 1.96 bits per heavy atom. The highest BCUT2D eigenvalue weighted by atomic mass is 32.2. The third kappa shape index (κ3) is 4.66. The second-order valence-corrected chi connectivity index (χ2v) is 8.83. The summed E-state index contributed by atoms with van der Waals surface area (Å²) in [6.07, 6.45) is 4.77. The molecule has 1 atom stereocenters. The van der Waals surface area contributed by atoms with E-state index < -0.39 is 14.9 Å². The Labute approximate surface area is 164 Å². The van der Waals surface area contributed by atoms with Crippen LogP contribution in [0.15, 0.2) is 47.5 Å². The molecule has 1 aliphatic heterocycles. The molecule has 1 unspecified atom stereocenters. The lowest BCUT2D eigenvalue weighted by Gasteiger charge is -2.32. The Bertz CT molecular complexity index is 914. The Morgan fingerprint density at radius 1 is 1.21 bits per heavy atom. The maximum absolute atomic E-state index is 12.8. The van der Waals surface area contributed by atoms with Gasteiger partial charge in [-0.3, -0.25) is 10.1 Å². The third-order valence-corrected chi connectivity index (χ3v) is 6.98. The van der Waals surface area contributed by atoms with E-state index in [9.17, 15) is 18.5 Å². The van der Waals surface area contributed by atoms with Crippen molar-refractivity contribution in [2.75, 3.05) is 18.4 Å². The molecule has 0 spiro atoms. The van der Waals surface area contributed by atoms with Gasteiger partial charge in [0.05, 0.1) is 9.82 Å². The van der Waals surface area contributed by atoms with E-state index in [0.717, 1.165) is 24.8 Å². The first kappa shape index (κ1) is 20.2. The number of aromatic nitrogens is 1. The number of nitro groups is 1. The largest absolute Gasteiger partial charge is 0.370 e. The van der Waals surface area contributed by atoms with Gasteiger partial charge in [0, 0.05) is 25.2 Å². The zero-order valence-electron chi connectivity index (χ0n) is 15.7. The second kappa shape index (κ2) is 8.66. The number of nitrogens with zero attached hydrogens (tertiary/aromatic N) is 3. The normalized spacial score (nSPS) is 18.0. The predicted molar refractivity (Wildman–Crippen MR) is 107 cm³/mol. The maximum Gasteiger partial charge on any atom is 0.287 e. The lowest BCUT2D eigenvalue weighted by atomic mass is 10.1. The molecule has 3 rings (SSSR count). The Morgan fingerprint density at radius 3 is 2.57 bits per heavy atom. The smallest absolute Gasteiger partial charge is 0.287 e. The molecule has 28 heavy (non-hydrogen) atoms. The summed E-state index contributed by atoms with van der Waals surface area (Å²) < 4.78 is 27.3. The van der Waals surface area contributed by atoms with Crippen molar-refractivity contribution in [3.63, 3.8) is 0 Å². The van der Waals surface area contributed by atoms with Gasteiger partial charge in [-0.15, -0.1) is 0 Å². The summed E-state index contributed by atoms with van der Waals surface area (Å²) in [5.74, 6) is 0.559. The minimum absolute atomic E-state index is 0.0387. The minimum atomic E-state index is -3.45. The fourth-order valence-corrected chi connectivity index (χ4v) is 5.03. The van der Waals surface area contributed by atoms with Crippen molar-refractivity contribution in [1.82, 2.24) is 9.29 Å². The Balaban J connectivity index is 1.57. The molecule has 9 heteroatoms. The summed E-state index contributed by atoms with van der Waals surface area (Å²) in [5, 5.41) is 13.7. The van der Waals surface area contributed by atoms with Crippen molar-refractivity contribution >= 4 is 21.5 Å². The lowest BCUT2D eigenvalue weighted by molar-refractivity contribution is -0.385. The van der Waals surface area contributed by atoms with Gasteiger partial charge >= 0.3 is 0 Å². The first-order valence-corrected chi connectivity index (χ1v) is 10.8. The number of sulfonamides is 1. The molecule has 0 radical (unpaired) electrons. The quantitative estimate of drug-likeness (QED) is 0.561. The van der Waals surface area contributed by atoms with Crippen LogP contribution in [0.2, 0.25) is 0 Å². The van der Waals surface area contributed by atoms with E-state index in [2.05, 4.69) is 10.3 Å². The molecule has 2 aromatic rings. The number of rotatable bonds is 7. The lowest BCUT2D eigenvalue weighted by Crippen LogP contribution is -2.41. The molecule has 0 amide bonds. The molecule has 1 N–H and O–H groups in total. The fourth-order valence-electron chi connectivity index (χ4n) is 3.33. The number of hydrogen-bond acceptors (Lipinski definition) is 6. The van der Waals surface area contributed by atoms with Gasteiger partial charge in [0.25, 0.3) is 5.69 Å². The molecule has 1 saturated heterocycles. The number of piperidine rings is 1. The molecule has 1 aliphatic rings. The molecule has 1 aromatic carbocycles. The van der Waals surface area contributed by atoms with Crippen LogP contribution in [0.1, 0.15) is 31.7 Å². The Kier molecular flexibility index (Phi) is 6.25. The molecule has 1 fully saturated rings. The minimum Gasteiger partial charge on any atom is -0.370 e. The highest BCUT2D eigenvalue weighted by Crippen LogP contribution is 2.25. The van der Waals surface area contributed by atoms with Crippen molar-refractivity contribution in [3.8, 4) is 0 Å². The summed E-state index contributed by atoms with van der Waals surface area (Å²) in [5.41, 5.74) is 0.949. The topological polar surface area (TPSA) is 105 Å². The van der Waals surface area contributed by atoms with Crippen molar-refractivity contribution in [2.24, 2.45) is 0 Å². The number of benzene rings is 1. The summed E-state index contributed by atoms with van der Waals surface area (Å²) in [6, 6.07) is 9.98. The van der Waals surface area contributed by atoms with Gasteiger partial charge < -0.3 is 5.32 Å². The van der Waals surface area contributed by atoms with Crippen LogP contribution >= 0.6 is 0 Å². The molecular formula is C19H24N4O4S. The predicted octanol–water partition coefficient (Wildman–Crippen LogP) is 3.21. The summed E-state index contributed by atoms with van der Waals surface area (Å²) in [4.78, 5) is 14.5. The van der Waals surface area contributed by atoms with Gasteiger partial charge in [-0.05, 0) is 49.9 Å². The zero-order chi connectivity index (χ0) is 20.1. The molecule has 8 nitrogen and oxygen atoms in total. The van der Waals surface area contributed by atoms with Crippen molar-refractivity contribution < 1.29 is 13.3 Å². The first-order chi connectivity index (χ1) is 13.4. The van der Waals surface area contributed by atoms with E-state index in [1.165, 1.54) is 12.3 Å². The third-order valence-electron chi connectivity index (χ3n) is 4.95. The standard InChI is InChI=1S/C19H24N4O4S/c1-15-4-2-3-13-22(15)28(26,27)18-8-5-16(6-9-18)11-12-20-19-10-7-17(14-21-19)23(24)25/h5-10,14-15H,2-4,11-13H2,1H3,(H,20,21). The van der Waals surface area contributed by atoms with E-state index >= 15 is 0 Å². The summed E-state index contributed by atoms with van der Waals surface area (Å²) in [6.45, 7) is 3.13. The van der Waals surface area contributed by atoms with E-state index in [0.29, 0.717) is 30.2 Å². The van der Waals surface area contributed by atoms with Crippen molar-refractivity contribution in [1.29, 1.82) is 0 Å². The average Bonchev–Trinajstić information content (AvgIpc) is 2.69. The molecule has 0 aliphatic carbocycles. The zero-order valence-corrected chi connectivity index (χ0v) is 16.6. The van der Waals surface area contributed by atoms with E-state index in [1.807, 2.05) is 19.1 Å². The van der Waals surface area contributed by atoms with E-state index in [1.54, 1.807) is 22.5 Å². The van der Waals surface area contributed by atoms with Crippen LogP contribution in [0.3, 0.4) is 0 Å². The summed E-state index contributed by atoms with van der Waals surface area (Å²) in [7, 11) is -3.45. The highest BCUT2D eigenvalue weighted by molar-refractivity contribution is 7.89. The van der Waals surface area contributed by atoms with Gasteiger partial charge in [-0.1, -0.05) is 18.6 Å². The second-order valence-electron chi connectivity index (χ2n) is 6.94. The monoisotopic (exact) mass is 404 g/mol.